The lowest BCUT2D eigenvalue weighted by Crippen LogP contribution is -2.45. The number of hydrogen-bond donors (Lipinski definition) is 1. The highest BCUT2D eigenvalue weighted by molar-refractivity contribution is 9.10. The fraction of sp³-hybridized carbons (Fsp3) is 0.538. The van der Waals surface area contributed by atoms with E-state index in [1.54, 1.807) is 12.1 Å². The molecule has 2 rings (SSSR count). The van der Waals surface area contributed by atoms with Crippen molar-refractivity contribution < 1.29 is 10.0 Å². The van der Waals surface area contributed by atoms with E-state index < -0.39 is 5.60 Å². The van der Waals surface area contributed by atoms with Gasteiger partial charge in [0, 0.05) is 19.2 Å². The van der Waals surface area contributed by atoms with Gasteiger partial charge in [-0.15, -0.1) is 0 Å². The van der Waals surface area contributed by atoms with Crippen LogP contribution in [0, 0.1) is 10.1 Å². The van der Waals surface area contributed by atoms with Gasteiger partial charge in [-0.1, -0.05) is 6.07 Å². The molecule has 1 aromatic carbocycles. The van der Waals surface area contributed by atoms with Crippen LogP contribution in [-0.2, 0) is 6.54 Å². The molecule has 1 saturated heterocycles. The second-order valence-electron chi connectivity index (χ2n) is 5.35. The number of piperidine rings is 1. The quantitative estimate of drug-likeness (QED) is 0.684. The van der Waals surface area contributed by atoms with Gasteiger partial charge in [-0.3, -0.25) is 15.0 Å². The molecule has 1 atom stereocenters. The summed E-state index contributed by atoms with van der Waals surface area (Å²) in [5.74, 6) is 0. The number of β-amino-alcohol motifs (C(OH)–C–C–N with tert-alkyl or cyclic N) is 1. The van der Waals surface area contributed by atoms with Crippen molar-refractivity contribution in [2.24, 2.45) is 0 Å². The van der Waals surface area contributed by atoms with E-state index in [-0.39, 0.29) is 10.6 Å². The van der Waals surface area contributed by atoms with Gasteiger partial charge in [-0.05, 0) is 53.9 Å². The molecule has 0 saturated carbocycles. The van der Waals surface area contributed by atoms with E-state index in [9.17, 15) is 15.2 Å². The Morgan fingerprint density at radius 2 is 2.32 bits per heavy atom. The molecule has 0 aliphatic carbocycles. The number of nitrogens with zero attached hydrogens (tertiary/aromatic N) is 2. The minimum Gasteiger partial charge on any atom is -0.389 e. The maximum Gasteiger partial charge on any atom is 0.283 e. The lowest BCUT2D eigenvalue weighted by atomic mass is 9.95. The molecule has 19 heavy (non-hydrogen) atoms. The second kappa shape index (κ2) is 5.56. The van der Waals surface area contributed by atoms with Gasteiger partial charge < -0.3 is 5.11 Å². The van der Waals surface area contributed by atoms with Crippen molar-refractivity contribution in [3.8, 4) is 0 Å². The molecule has 1 fully saturated rings. The minimum atomic E-state index is -0.653. The Labute approximate surface area is 120 Å². The van der Waals surface area contributed by atoms with Crippen molar-refractivity contribution >= 4 is 21.6 Å². The molecule has 0 bridgehead atoms. The van der Waals surface area contributed by atoms with E-state index >= 15 is 0 Å². The molecule has 1 heterocycles. The van der Waals surface area contributed by atoms with Gasteiger partial charge in [0.1, 0.15) is 0 Å². The summed E-state index contributed by atoms with van der Waals surface area (Å²) in [7, 11) is 0. The number of nitro groups is 1. The van der Waals surface area contributed by atoms with Gasteiger partial charge in [-0.25, -0.2) is 0 Å². The standard InChI is InChI=1S/C13H17BrN2O3/c1-13(17)5-2-6-15(9-13)8-10-3-4-11(14)12(7-10)16(18)19/h3-4,7,17H,2,5-6,8-9H2,1H3. The summed E-state index contributed by atoms with van der Waals surface area (Å²) in [6, 6.07) is 5.17. The van der Waals surface area contributed by atoms with Crippen molar-refractivity contribution in [3.63, 3.8) is 0 Å². The lowest BCUT2D eigenvalue weighted by Gasteiger charge is -2.36. The van der Waals surface area contributed by atoms with E-state index in [2.05, 4.69) is 20.8 Å². The van der Waals surface area contributed by atoms with Crippen molar-refractivity contribution in [1.29, 1.82) is 0 Å². The Balaban J connectivity index is 2.11. The van der Waals surface area contributed by atoms with Crippen molar-refractivity contribution in [1.82, 2.24) is 4.90 Å². The number of nitro benzene ring substituents is 1. The van der Waals surface area contributed by atoms with E-state index in [4.69, 9.17) is 0 Å². The Kier molecular flexibility index (Phi) is 4.23. The van der Waals surface area contributed by atoms with Crippen molar-refractivity contribution in [3.05, 3.63) is 38.3 Å². The molecule has 1 aliphatic rings. The van der Waals surface area contributed by atoms with Crippen molar-refractivity contribution in [2.75, 3.05) is 13.1 Å². The summed E-state index contributed by atoms with van der Waals surface area (Å²) in [6.45, 7) is 3.99. The van der Waals surface area contributed by atoms with Gasteiger partial charge >= 0.3 is 0 Å². The smallest absolute Gasteiger partial charge is 0.283 e. The zero-order valence-corrected chi connectivity index (χ0v) is 12.4. The van der Waals surface area contributed by atoms with Gasteiger partial charge in [0.05, 0.1) is 15.0 Å². The maximum absolute atomic E-state index is 10.9. The van der Waals surface area contributed by atoms with Gasteiger partial charge in [0.15, 0.2) is 0 Å². The minimum absolute atomic E-state index is 0.0845. The molecule has 0 amide bonds. The fourth-order valence-electron chi connectivity index (χ4n) is 2.51. The molecule has 0 spiro atoms. The average molecular weight is 329 g/mol. The third-order valence-corrected chi connectivity index (χ3v) is 4.04. The Morgan fingerprint density at radius 1 is 1.58 bits per heavy atom. The number of aliphatic hydroxyl groups is 1. The maximum atomic E-state index is 10.9. The van der Waals surface area contributed by atoms with E-state index in [0.29, 0.717) is 17.6 Å². The third-order valence-electron chi connectivity index (χ3n) is 3.37. The van der Waals surface area contributed by atoms with Crippen molar-refractivity contribution in [2.45, 2.75) is 31.9 Å². The molecule has 1 aliphatic heterocycles. The van der Waals surface area contributed by atoms with Crippen LogP contribution in [0.25, 0.3) is 0 Å². The van der Waals surface area contributed by atoms with E-state index in [0.717, 1.165) is 24.9 Å². The zero-order chi connectivity index (χ0) is 14.0. The van der Waals surface area contributed by atoms with Gasteiger partial charge in [0.25, 0.3) is 5.69 Å². The number of likely N-dealkylation sites (tertiary alicyclic amines) is 1. The Hall–Kier alpha value is -0.980. The molecule has 1 N–H and O–H groups in total. The first-order valence-electron chi connectivity index (χ1n) is 6.25. The average Bonchev–Trinajstić information content (AvgIpc) is 2.30. The van der Waals surface area contributed by atoms with Crippen LogP contribution in [0.4, 0.5) is 5.69 Å². The van der Waals surface area contributed by atoms with Crippen LogP contribution < -0.4 is 0 Å². The lowest BCUT2D eigenvalue weighted by molar-refractivity contribution is -0.385. The number of rotatable bonds is 3. The highest BCUT2D eigenvalue weighted by Crippen LogP contribution is 2.27. The number of benzene rings is 1. The Morgan fingerprint density at radius 3 is 2.95 bits per heavy atom. The summed E-state index contributed by atoms with van der Waals surface area (Å²) < 4.78 is 0.492. The predicted octanol–water partition coefficient (Wildman–Crippen LogP) is 2.70. The van der Waals surface area contributed by atoms with Gasteiger partial charge in [0.2, 0.25) is 0 Å². The molecule has 0 radical (unpaired) electrons. The number of halogens is 1. The largest absolute Gasteiger partial charge is 0.389 e. The highest BCUT2D eigenvalue weighted by atomic mass is 79.9. The number of hydrogen-bond acceptors (Lipinski definition) is 4. The topological polar surface area (TPSA) is 66.6 Å². The first-order chi connectivity index (χ1) is 8.87. The van der Waals surface area contributed by atoms with Crippen LogP contribution in [0.2, 0.25) is 0 Å². The monoisotopic (exact) mass is 328 g/mol. The third kappa shape index (κ3) is 3.75. The van der Waals surface area contributed by atoms with Crippen LogP contribution in [0.5, 0.6) is 0 Å². The van der Waals surface area contributed by atoms with Crippen LogP contribution in [0.3, 0.4) is 0 Å². The first kappa shape index (κ1) is 14.4. The summed E-state index contributed by atoms with van der Waals surface area (Å²) in [4.78, 5) is 12.6. The van der Waals surface area contributed by atoms with E-state index in [1.165, 1.54) is 0 Å². The summed E-state index contributed by atoms with van der Waals surface area (Å²) in [5, 5.41) is 20.9. The van der Waals surface area contributed by atoms with Crippen LogP contribution in [0.1, 0.15) is 25.3 Å². The molecule has 0 aromatic heterocycles. The molecule has 5 nitrogen and oxygen atoms in total. The molecule has 1 aromatic rings. The fourth-order valence-corrected chi connectivity index (χ4v) is 2.90. The molecule has 104 valence electrons. The van der Waals surface area contributed by atoms with Crippen LogP contribution in [-0.4, -0.2) is 33.6 Å². The summed E-state index contributed by atoms with van der Waals surface area (Å²) in [5.41, 5.74) is 0.327. The summed E-state index contributed by atoms with van der Waals surface area (Å²) in [6.07, 6.45) is 1.76. The molecule has 6 heteroatoms. The van der Waals surface area contributed by atoms with Crippen LogP contribution in [0.15, 0.2) is 22.7 Å². The Bertz CT molecular complexity index is 491. The zero-order valence-electron chi connectivity index (χ0n) is 10.8. The molecular formula is C13H17BrN2O3. The molecule has 1 unspecified atom stereocenters. The van der Waals surface area contributed by atoms with Crippen LogP contribution >= 0.6 is 15.9 Å². The summed E-state index contributed by atoms with van der Waals surface area (Å²) >= 11 is 3.18. The highest BCUT2D eigenvalue weighted by Gasteiger charge is 2.28. The predicted molar refractivity (Wildman–Crippen MR) is 75.9 cm³/mol. The normalized spacial score (nSPS) is 24.4. The molecular weight excluding hydrogens is 312 g/mol. The SMILES string of the molecule is CC1(O)CCCN(Cc2ccc(Br)c([N+](=O)[O-])c2)C1. The van der Waals surface area contributed by atoms with Gasteiger partial charge in [-0.2, -0.15) is 0 Å². The first-order valence-corrected chi connectivity index (χ1v) is 7.04. The van der Waals surface area contributed by atoms with E-state index in [1.807, 2.05) is 13.0 Å². The second-order valence-corrected chi connectivity index (χ2v) is 6.21.